The number of aromatic nitrogens is 5. The highest BCUT2D eigenvalue weighted by Gasteiger charge is 2.36. The lowest BCUT2D eigenvalue weighted by molar-refractivity contribution is 0.0215. The van der Waals surface area contributed by atoms with Gasteiger partial charge in [0.1, 0.15) is 6.10 Å². The van der Waals surface area contributed by atoms with E-state index in [1.54, 1.807) is 16.4 Å². The van der Waals surface area contributed by atoms with Crippen molar-refractivity contribution in [3.05, 3.63) is 35.9 Å². The van der Waals surface area contributed by atoms with Gasteiger partial charge >= 0.3 is 0 Å². The lowest BCUT2D eigenvalue weighted by Crippen LogP contribution is -2.28. The molecule has 1 saturated carbocycles. The maximum absolute atomic E-state index is 10.3. The fourth-order valence-corrected chi connectivity index (χ4v) is 4.28. The second-order valence-electron chi connectivity index (χ2n) is 7.27. The predicted octanol–water partition coefficient (Wildman–Crippen LogP) is 2.43. The van der Waals surface area contributed by atoms with Crippen LogP contribution in [0.2, 0.25) is 0 Å². The third kappa shape index (κ3) is 4.36. The normalized spacial score (nSPS) is 21.7. The number of hydrogen-bond acceptors (Lipinski definition) is 8. The zero-order valence-electron chi connectivity index (χ0n) is 16.4. The molecular formula is C20H26N6O2S. The topological polar surface area (TPSA) is 109 Å². The zero-order chi connectivity index (χ0) is 20.2. The van der Waals surface area contributed by atoms with E-state index in [-0.39, 0.29) is 6.04 Å². The van der Waals surface area contributed by atoms with Crippen molar-refractivity contribution in [2.24, 2.45) is 0 Å². The minimum absolute atomic E-state index is 0.328. The van der Waals surface area contributed by atoms with Gasteiger partial charge in [-0.3, -0.25) is 0 Å². The third-order valence-electron chi connectivity index (χ3n) is 5.15. The molecule has 2 aromatic heterocycles. The highest BCUT2D eigenvalue weighted by molar-refractivity contribution is 7.99. The number of fused-ring (bicyclic) bond motifs is 1. The Balaban J connectivity index is 1.61. The van der Waals surface area contributed by atoms with E-state index in [0.29, 0.717) is 41.5 Å². The van der Waals surface area contributed by atoms with E-state index in [9.17, 15) is 10.2 Å². The molecule has 4 rings (SSSR count). The first-order chi connectivity index (χ1) is 14.2. The average Bonchev–Trinajstić information content (AvgIpc) is 3.30. The van der Waals surface area contributed by atoms with Crippen LogP contribution < -0.4 is 5.32 Å². The first kappa shape index (κ1) is 20.1. The Bertz CT molecular complexity index is 951. The van der Waals surface area contributed by atoms with Gasteiger partial charge in [-0.15, -0.1) is 5.10 Å². The van der Waals surface area contributed by atoms with Crippen molar-refractivity contribution >= 4 is 28.7 Å². The fourth-order valence-electron chi connectivity index (χ4n) is 3.59. The fraction of sp³-hybridized carbons (Fsp3) is 0.500. The number of thioether (sulfide) groups is 1. The first-order valence-corrected chi connectivity index (χ1v) is 11.1. The summed E-state index contributed by atoms with van der Waals surface area (Å²) >= 11 is 1.59. The quantitative estimate of drug-likeness (QED) is 0.381. The summed E-state index contributed by atoms with van der Waals surface area (Å²) in [6, 6.07) is 9.95. The van der Waals surface area contributed by atoms with Gasteiger partial charge in [0.25, 0.3) is 0 Å². The molecule has 0 spiro atoms. The van der Waals surface area contributed by atoms with Crippen LogP contribution in [0.5, 0.6) is 0 Å². The smallest absolute Gasteiger partial charge is 0.191 e. The molecule has 9 heteroatoms. The molecule has 1 aliphatic carbocycles. The number of anilines is 1. The number of nitrogens with one attached hydrogen (secondary N) is 1. The summed E-state index contributed by atoms with van der Waals surface area (Å²) in [5.74, 6) is 1.57. The van der Waals surface area contributed by atoms with Gasteiger partial charge in [-0.25, -0.2) is 14.6 Å². The average molecular weight is 415 g/mol. The Morgan fingerprint density at radius 2 is 2.00 bits per heavy atom. The molecule has 2 heterocycles. The van der Waals surface area contributed by atoms with Gasteiger partial charge < -0.3 is 15.5 Å². The molecule has 0 radical (unpaired) electrons. The standard InChI is InChI=1S/C20H26N6O2S/c1-2-12-29-20-22-18(21-11-10-13-6-4-3-5-7-13)16-19(23-20)26(25-24-16)14-8-9-15(27)17(14)28/h3-7,14-15,17,27-28H,2,8-12H2,1H3,(H,21,22,23)/t14-,15-,17+/m1/s1. The summed E-state index contributed by atoms with van der Waals surface area (Å²) in [4.78, 5) is 9.32. The van der Waals surface area contributed by atoms with Crippen molar-refractivity contribution < 1.29 is 10.2 Å². The van der Waals surface area contributed by atoms with E-state index in [1.165, 1.54) is 5.56 Å². The van der Waals surface area contributed by atoms with Crippen LogP contribution in [-0.4, -0.2) is 59.7 Å². The molecule has 1 aromatic carbocycles. The summed E-state index contributed by atoms with van der Waals surface area (Å²) in [5, 5.41) is 32.9. The molecule has 0 amide bonds. The van der Waals surface area contributed by atoms with Crippen molar-refractivity contribution in [1.82, 2.24) is 25.0 Å². The molecular weight excluding hydrogens is 388 g/mol. The molecule has 154 valence electrons. The number of benzene rings is 1. The predicted molar refractivity (Wildman–Crippen MR) is 113 cm³/mol. The summed E-state index contributed by atoms with van der Waals surface area (Å²) in [7, 11) is 0. The molecule has 1 aliphatic rings. The third-order valence-corrected chi connectivity index (χ3v) is 6.20. The molecule has 0 bridgehead atoms. The van der Waals surface area contributed by atoms with E-state index in [1.807, 2.05) is 18.2 Å². The van der Waals surface area contributed by atoms with E-state index >= 15 is 0 Å². The Morgan fingerprint density at radius 1 is 1.17 bits per heavy atom. The zero-order valence-corrected chi connectivity index (χ0v) is 17.2. The number of rotatable bonds is 8. The second kappa shape index (κ2) is 9.06. The lowest BCUT2D eigenvalue weighted by Gasteiger charge is -2.16. The molecule has 1 fully saturated rings. The van der Waals surface area contributed by atoms with Crippen LogP contribution in [0, 0.1) is 0 Å². The molecule has 0 aliphatic heterocycles. The van der Waals surface area contributed by atoms with Gasteiger partial charge in [0, 0.05) is 12.3 Å². The van der Waals surface area contributed by atoms with Crippen molar-refractivity contribution in [3.8, 4) is 0 Å². The first-order valence-electron chi connectivity index (χ1n) is 10.1. The molecule has 29 heavy (non-hydrogen) atoms. The van der Waals surface area contributed by atoms with Crippen LogP contribution in [0.1, 0.15) is 37.8 Å². The SMILES string of the molecule is CCCSc1nc(NCCc2ccccc2)c2nnn([C@@H]3CC[C@@H](O)[C@H]3O)c2n1. The maximum Gasteiger partial charge on any atom is 0.191 e. The van der Waals surface area contributed by atoms with Crippen molar-refractivity contribution in [3.63, 3.8) is 0 Å². The van der Waals surface area contributed by atoms with Crippen LogP contribution in [-0.2, 0) is 6.42 Å². The van der Waals surface area contributed by atoms with Gasteiger partial charge in [-0.05, 0) is 31.2 Å². The van der Waals surface area contributed by atoms with Crippen LogP contribution in [0.25, 0.3) is 11.2 Å². The minimum atomic E-state index is -0.865. The highest BCUT2D eigenvalue weighted by Crippen LogP contribution is 2.33. The van der Waals surface area contributed by atoms with Gasteiger partial charge in [-0.1, -0.05) is 54.2 Å². The van der Waals surface area contributed by atoms with Gasteiger partial charge in [0.2, 0.25) is 0 Å². The molecule has 8 nitrogen and oxygen atoms in total. The van der Waals surface area contributed by atoms with Crippen LogP contribution in [0.4, 0.5) is 5.82 Å². The number of aliphatic hydroxyl groups is 2. The Kier molecular flexibility index (Phi) is 6.27. The van der Waals surface area contributed by atoms with Crippen molar-refractivity contribution in [2.75, 3.05) is 17.6 Å². The summed E-state index contributed by atoms with van der Waals surface area (Å²) in [6.07, 6.45) is 1.46. The number of hydrogen-bond donors (Lipinski definition) is 3. The van der Waals surface area contributed by atoms with E-state index in [4.69, 9.17) is 0 Å². The Morgan fingerprint density at radius 3 is 2.72 bits per heavy atom. The highest BCUT2D eigenvalue weighted by atomic mass is 32.2. The van der Waals surface area contributed by atoms with E-state index in [0.717, 1.165) is 18.6 Å². The van der Waals surface area contributed by atoms with Gasteiger partial charge in [0.15, 0.2) is 22.1 Å². The Labute approximate surface area is 173 Å². The summed E-state index contributed by atoms with van der Waals surface area (Å²) in [5.41, 5.74) is 2.43. The molecule has 3 aromatic rings. The molecule has 0 unspecified atom stereocenters. The van der Waals surface area contributed by atoms with Crippen molar-refractivity contribution in [2.45, 2.75) is 56.0 Å². The van der Waals surface area contributed by atoms with Gasteiger partial charge in [0.05, 0.1) is 12.1 Å². The second-order valence-corrected chi connectivity index (χ2v) is 8.34. The Hall–Kier alpha value is -2.23. The summed E-state index contributed by atoms with van der Waals surface area (Å²) < 4.78 is 1.65. The monoisotopic (exact) mass is 414 g/mol. The minimum Gasteiger partial charge on any atom is -0.390 e. The molecule has 3 N–H and O–H groups in total. The van der Waals surface area contributed by atoms with E-state index < -0.39 is 12.2 Å². The molecule has 0 saturated heterocycles. The number of nitrogens with zero attached hydrogens (tertiary/aromatic N) is 5. The van der Waals surface area contributed by atoms with Crippen LogP contribution in [0.15, 0.2) is 35.5 Å². The summed E-state index contributed by atoms with van der Waals surface area (Å²) in [6.45, 7) is 2.83. The lowest BCUT2D eigenvalue weighted by atomic mass is 10.1. The maximum atomic E-state index is 10.3. The van der Waals surface area contributed by atoms with Crippen LogP contribution >= 0.6 is 11.8 Å². The largest absolute Gasteiger partial charge is 0.390 e. The van der Waals surface area contributed by atoms with E-state index in [2.05, 4.69) is 44.7 Å². The van der Waals surface area contributed by atoms with Gasteiger partial charge in [-0.2, -0.15) is 0 Å². The number of aliphatic hydroxyl groups excluding tert-OH is 2. The van der Waals surface area contributed by atoms with Crippen LogP contribution in [0.3, 0.4) is 0 Å². The molecule has 3 atom stereocenters. The van der Waals surface area contributed by atoms with Crippen molar-refractivity contribution in [1.29, 1.82) is 0 Å².